The predicted molar refractivity (Wildman–Crippen MR) is 132 cm³/mol. The maximum absolute atomic E-state index is 14.2. The van der Waals surface area contributed by atoms with Gasteiger partial charge in [-0.05, 0) is 58.2 Å². The highest BCUT2D eigenvalue weighted by Gasteiger charge is 2.49. The highest BCUT2D eigenvalue weighted by molar-refractivity contribution is 6.14. The van der Waals surface area contributed by atoms with E-state index in [0.29, 0.717) is 30.5 Å². The van der Waals surface area contributed by atoms with Crippen molar-refractivity contribution in [2.24, 2.45) is 0 Å². The van der Waals surface area contributed by atoms with Gasteiger partial charge in [0.1, 0.15) is 17.1 Å². The zero-order chi connectivity index (χ0) is 25.3. The molecule has 8 nitrogen and oxygen atoms in total. The van der Waals surface area contributed by atoms with Crippen molar-refractivity contribution in [2.75, 3.05) is 18.5 Å². The van der Waals surface area contributed by atoms with Gasteiger partial charge in [-0.25, -0.2) is 4.39 Å². The van der Waals surface area contributed by atoms with Crippen LogP contribution in [0.25, 0.3) is 10.9 Å². The lowest BCUT2D eigenvalue weighted by atomic mass is 9.93. The van der Waals surface area contributed by atoms with Gasteiger partial charge in [0.25, 0.3) is 5.91 Å². The van der Waals surface area contributed by atoms with Gasteiger partial charge < -0.3 is 24.8 Å². The number of benzene rings is 1. The molecule has 0 saturated heterocycles. The molecule has 3 amide bonds. The first-order chi connectivity index (χ1) is 16.6. The third-order valence-corrected chi connectivity index (χ3v) is 6.99. The second-order valence-electron chi connectivity index (χ2n) is 10.1. The van der Waals surface area contributed by atoms with Crippen LogP contribution >= 0.6 is 0 Å². The van der Waals surface area contributed by atoms with Crippen molar-refractivity contribution in [3.63, 3.8) is 0 Å². The molecule has 0 bridgehead atoms. The second kappa shape index (κ2) is 9.97. The van der Waals surface area contributed by atoms with Crippen LogP contribution in [0.2, 0.25) is 0 Å². The first kappa shape index (κ1) is 25.2. The molecule has 1 unspecified atom stereocenters. The molecule has 1 saturated carbocycles. The number of ether oxygens (including phenoxy) is 1. The number of carbonyl (C=O) groups is 3. The van der Waals surface area contributed by atoms with Crippen LogP contribution in [0.15, 0.2) is 18.2 Å². The number of rotatable bonds is 8. The smallest absolute Gasteiger partial charge is 0.273 e. The van der Waals surface area contributed by atoms with Crippen molar-refractivity contribution >= 4 is 34.3 Å². The number of nitrogens with one attached hydrogen (secondary N) is 2. The van der Waals surface area contributed by atoms with E-state index in [4.69, 9.17) is 4.74 Å². The molecule has 2 aliphatic rings. The van der Waals surface area contributed by atoms with E-state index in [1.54, 1.807) is 22.5 Å². The summed E-state index contributed by atoms with van der Waals surface area (Å²) in [6, 6.07) is 4.33. The van der Waals surface area contributed by atoms with E-state index in [1.165, 1.54) is 19.1 Å². The average Bonchev–Trinajstić information content (AvgIpc) is 3.39. The Kier molecular flexibility index (Phi) is 7.17. The highest BCUT2D eigenvalue weighted by Crippen LogP contribution is 2.39. The number of anilines is 1. The molecule has 9 heteroatoms. The molecule has 190 valence electrons. The monoisotopic (exact) mass is 486 g/mol. The van der Waals surface area contributed by atoms with E-state index >= 15 is 0 Å². The van der Waals surface area contributed by atoms with E-state index in [-0.39, 0.29) is 47.8 Å². The van der Waals surface area contributed by atoms with E-state index in [9.17, 15) is 18.8 Å². The molecule has 1 aliphatic heterocycles. The lowest BCUT2D eigenvalue weighted by Crippen LogP contribution is -2.65. The van der Waals surface area contributed by atoms with Crippen LogP contribution in [0.4, 0.5) is 10.1 Å². The summed E-state index contributed by atoms with van der Waals surface area (Å²) in [5.74, 6) is -1.39. The minimum atomic E-state index is -1.15. The zero-order valence-corrected chi connectivity index (χ0v) is 20.9. The first-order valence-corrected chi connectivity index (χ1v) is 12.5. The molecule has 0 spiro atoms. The minimum absolute atomic E-state index is 0.0629. The Morgan fingerprint density at radius 2 is 1.97 bits per heavy atom. The van der Waals surface area contributed by atoms with Crippen molar-refractivity contribution < 1.29 is 23.5 Å². The quantitative estimate of drug-likeness (QED) is 0.555. The van der Waals surface area contributed by atoms with Crippen molar-refractivity contribution in [3.05, 3.63) is 29.7 Å². The fourth-order valence-electron chi connectivity index (χ4n) is 5.26. The summed E-state index contributed by atoms with van der Waals surface area (Å²) in [6.07, 6.45) is 4.64. The van der Waals surface area contributed by atoms with Crippen molar-refractivity contribution in [3.8, 4) is 0 Å². The van der Waals surface area contributed by atoms with Gasteiger partial charge in [0.05, 0.1) is 23.9 Å². The van der Waals surface area contributed by atoms with Crippen LogP contribution in [0.1, 0.15) is 70.3 Å². The lowest BCUT2D eigenvalue weighted by molar-refractivity contribution is -0.133. The van der Waals surface area contributed by atoms with Crippen molar-refractivity contribution in [2.45, 2.75) is 84.0 Å². The van der Waals surface area contributed by atoms with Gasteiger partial charge in [0.15, 0.2) is 0 Å². The second-order valence-corrected chi connectivity index (χ2v) is 10.1. The van der Waals surface area contributed by atoms with Crippen LogP contribution in [0.3, 0.4) is 0 Å². The summed E-state index contributed by atoms with van der Waals surface area (Å²) in [6.45, 7) is 7.99. The highest BCUT2D eigenvalue weighted by atomic mass is 19.1. The number of hydrogen-bond donors (Lipinski definition) is 2. The summed E-state index contributed by atoms with van der Waals surface area (Å²) in [5, 5.41) is 6.34. The Balaban J connectivity index is 1.77. The first-order valence-electron chi connectivity index (χ1n) is 12.5. The summed E-state index contributed by atoms with van der Waals surface area (Å²) in [7, 11) is 0. The molecular weight excluding hydrogens is 451 g/mol. The predicted octanol–water partition coefficient (Wildman–Crippen LogP) is 3.83. The number of amides is 3. The van der Waals surface area contributed by atoms with Crippen LogP contribution in [-0.4, -0.2) is 58.0 Å². The van der Waals surface area contributed by atoms with Gasteiger partial charge >= 0.3 is 0 Å². The third kappa shape index (κ3) is 4.91. The normalized spacial score (nSPS) is 20.5. The Morgan fingerprint density at radius 1 is 1.26 bits per heavy atom. The van der Waals surface area contributed by atoms with E-state index in [2.05, 4.69) is 10.6 Å². The van der Waals surface area contributed by atoms with Crippen molar-refractivity contribution in [1.82, 2.24) is 14.8 Å². The number of aromatic nitrogens is 1. The van der Waals surface area contributed by atoms with Gasteiger partial charge in [0.2, 0.25) is 11.8 Å². The molecule has 1 aliphatic carbocycles. The van der Waals surface area contributed by atoms with Crippen molar-refractivity contribution in [1.29, 1.82) is 0 Å². The van der Waals surface area contributed by atoms with Gasteiger partial charge in [-0.2, -0.15) is 0 Å². The van der Waals surface area contributed by atoms with Gasteiger partial charge in [-0.1, -0.05) is 12.8 Å². The maximum Gasteiger partial charge on any atom is 0.273 e. The van der Waals surface area contributed by atoms with E-state index in [1.807, 2.05) is 13.8 Å². The molecule has 2 aromatic rings. The Labute approximate surface area is 205 Å². The summed E-state index contributed by atoms with van der Waals surface area (Å²) < 4.78 is 21.6. The molecule has 35 heavy (non-hydrogen) atoms. The minimum Gasteiger partial charge on any atom is -0.379 e. The fourth-order valence-corrected chi connectivity index (χ4v) is 5.26. The van der Waals surface area contributed by atoms with Crippen LogP contribution in [-0.2, 0) is 20.9 Å². The van der Waals surface area contributed by atoms with Crippen LogP contribution < -0.4 is 10.6 Å². The molecule has 4 rings (SSSR count). The van der Waals surface area contributed by atoms with Crippen LogP contribution in [0, 0.1) is 5.82 Å². The number of hydrogen-bond acceptors (Lipinski definition) is 4. The number of fused-ring (bicyclic) bond motifs is 3. The Morgan fingerprint density at radius 3 is 2.63 bits per heavy atom. The number of nitrogens with zero attached hydrogens (tertiary/aromatic N) is 2. The topological polar surface area (TPSA) is 92.7 Å². The molecule has 2 heterocycles. The third-order valence-electron chi connectivity index (χ3n) is 6.99. The van der Waals surface area contributed by atoms with E-state index < -0.39 is 11.4 Å². The zero-order valence-electron chi connectivity index (χ0n) is 20.9. The van der Waals surface area contributed by atoms with Gasteiger partial charge in [-0.15, -0.1) is 0 Å². The average molecular weight is 487 g/mol. The standard InChI is InChI=1S/C26H35FN4O4/c1-16(2)35-13-7-12-31-24(33)23-22(28-17(3)32)20-14-18(27)10-11-21(20)30(23)15-26(31,4)25(34)29-19-8-5-6-9-19/h10-11,14,16,19H,5-9,12-13,15H2,1-4H3,(H,28,32)(H,29,34). The number of carbonyl (C=O) groups excluding carboxylic acids is 3. The molecule has 1 aromatic carbocycles. The summed E-state index contributed by atoms with van der Waals surface area (Å²) in [5.41, 5.74) is -0.0187. The molecule has 1 aromatic heterocycles. The fraction of sp³-hybridized carbons (Fsp3) is 0.577. The lowest BCUT2D eigenvalue weighted by Gasteiger charge is -2.44. The maximum atomic E-state index is 14.2. The van der Waals surface area contributed by atoms with Gasteiger partial charge in [-0.3, -0.25) is 14.4 Å². The van der Waals surface area contributed by atoms with Gasteiger partial charge in [0, 0.05) is 31.5 Å². The molecular formula is C26H35FN4O4. The molecule has 0 radical (unpaired) electrons. The Bertz CT molecular complexity index is 1140. The number of halogens is 1. The molecule has 2 N–H and O–H groups in total. The molecule has 1 atom stereocenters. The Hall–Kier alpha value is -2.94. The largest absolute Gasteiger partial charge is 0.379 e. The summed E-state index contributed by atoms with van der Waals surface area (Å²) >= 11 is 0. The molecule has 1 fully saturated rings. The SMILES string of the molecule is CC(=O)Nc1c2n(c3ccc(F)cc13)CC(C)(C(=O)NC1CCCC1)N(CCCOC(C)C)C2=O. The van der Waals surface area contributed by atoms with Crippen LogP contribution in [0.5, 0.6) is 0 Å². The summed E-state index contributed by atoms with van der Waals surface area (Å²) in [4.78, 5) is 41.3. The van der Waals surface area contributed by atoms with E-state index in [0.717, 1.165) is 25.7 Å².